The number of fused-ring (bicyclic) bond motifs is 1. The predicted molar refractivity (Wildman–Crippen MR) is 156 cm³/mol. The Morgan fingerprint density at radius 3 is 1.81 bits per heavy atom. The van der Waals surface area contributed by atoms with Crippen LogP contribution in [0.2, 0.25) is 0 Å². The maximum atomic E-state index is 10.3. The number of allylic oxidation sites excluding steroid dienone is 1. The van der Waals surface area contributed by atoms with Crippen LogP contribution in [0.3, 0.4) is 0 Å². The van der Waals surface area contributed by atoms with Crippen LogP contribution in [0.25, 0.3) is 5.57 Å². The summed E-state index contributed by atoms with van der Waals surface area (Å²) in [7, 11) is 0. The molecule has 206 valence electrons. The summed E-state index contributed by atoms with van der Waals surface area (Å²) in [6.07, 6.45) is 22.5. The van der Waals surface area contributed by atoms with E-state index in [1.807, 2.05) is 13.0 Å². The number of rotatable bonds is 18. The third-order valence-corrected chi connectivity index (χ3v) is 6.76. The number of carboxylic acids is 1. The van der Waals surface area contributed by atoms with Crippen molar-refractivity contribution < 1.29 is 14.6 Å². The number of ether oxygens (including phenoxy) is 1. The highest BCUT2D eigenvalue weighted by atomic mass is 16.5. The Balaban J connectivity index is 0.000000367. The fourth-order valence-corrected chi connectivity index (χ4v) is 4.86. The number of hydrogen-bond donors (Lipinski definition) is 2. The van der Waals surface area contributed by atoms with Gasteiger partial charge >= 0.3 is 5.97 Å². The maximum absolute atomic E-state index is 10.3. The first-order valence-corrected chi connectivity index (χ1v) is 14.8. The Kier molecular flexibility index (Phi) is 17.1. The lowest BCUT2D eigenvalue weighted by atomic mass is 9.91. The SMILES string of the molecule is CCCCCCCCCCCCCCCCCC(=O)O.CCOc1ccc2c(c1)C(C)=CC(C)(C)N2. The molecule has 4 nitrogen and oxygen atoms in total. The molecule has 0 fully saturated rings. The highest BCUT2D eigenvalue weighted by Crippen LogP contribution is 2.35. The Morgan fingerprint density at radius 1 is 0.833 bits per heavy atom. The van der Waals surface area contributed by atoms with E-state index < -0.39 is 5.97 Å². The monoisotopic (exact) mass is 501 g/mol. The first-order chi connectivity index (χ1) is 17.3. The number of hydrogen-bond acceptors (Lipinski definition) is 3. The summed E-state index contributed by atoms with van der Waals surface area (Å²) in [6.45, 7) is 11.5. The van der Waals surface area contributed by atoms with Crippen molar-refractivity contribution in [2.75, 3.05) is 11.9 Å². The summed E-state index contributed by atoms with van der Waals surface area (Å²) in [4.78, 5) is 10.3. The maximum Gasteiger partial charge on any atom is 0.303 e. The molecule has 1 aromatic carbocycles. The summed E-state index contributed by atoms with van der Waals surface area (Å²) >= 11 is 0. The average Bonchev–Trinajstić information content (AvgIpc) is 2.82. The fourth-order valence-electron chi connectivity index (χ4n) is 4.86. The van der Waals surface area contributed by atoms with Crippen LogP contribution in [-0.2, 0) is 4.79 Å². The second-order valence-corrected chi connectivity index (χ2v) is 10.9. The van der Waals surface area contributed by atoms with Crippen LogP contribution >= 0.6 is 0 Å². The van der Waals surface area contributed by atoms with Gasteiger partial charge in [0.15, 0.2) is 0 Å². The third-order valence-electron chi connectivity index (χ3n) is 6.76. The summed E-state index contributed by atoms with van der Waals surface area (Å²) in [5.74, 6) is 0.287. The summed E-state index contributed by atoms with van der Waals surface area (Å²) in [5, 5.41) is 12.0. The van der Waals surface area contributed by atoms with Crippen molar-refractivity contribution in [1.82, 2.24) is 0 Å². The molecule has 2 rings (SSSR count). The molecule has 4 heteroatoms. The Labute approximate surface area is 222 Å². The van der Waals surface area contributed by atoms with E-state index >= 15 is 0 Å². The normalized spacial score (nSPS) is 13.6. The van der Waals surface area contributed by atoms with Crippen molar-refractivity contribution in [3.63, 3.8) is 0 Å². The van der Waals surface area contributed by atoms with Crippen LogP contribution in [0.15, 0.2) is 24.3 Å². The Morgan fingerprint density at radius 2 is 1.33 bits per heavy atom. The van der Waals surface area contributed by atoms with E-state index in [0.29, 0.717) is 13.0 Å². The Bertz CT molecular complexity index is 754. The molecule has 2 N–H and O–H groups in total. The van der Waals surface area contributed by atoms with Gasteiger partial charge in [0.05, 0.1) is 12.1 Å². The molecule has 0 saturated heterocycles. The second-order valence-electron chi connectivity index (χ2n) is 10.9. The summed E-state index contributed by atoms with van der Waals surface area (Å²) in [6, 6.07) is 6.22. The lowest BCUT2D eigenvalue weighted by Crippen LogP contribution is -2.31. The van der Waals surface area contributed by atoms with Gasteiger partial charge in [0.1, 0.15) is 5.75 Å². The highest BCUT2D eigenvalue weighted by molar-refractivity contribution is 5.80. The molecule has 1 aliphatic rings. The van der Waals surface area contributed by atoms with Crippen molar-refractivity contribution >= 4 is 17.2 Å². The van der Waals surface area contributed by atoms with E-state index in [1.54, 1.807) is 0 Å². The van der Waals surface area contributed by atoms with E-state index in [9.17, 15) is 4.79 Å². The minimum atomic E-state index is -0.653. The van der Waals surface area contributed by atoms with Crippen molar-refractivity contribution in [3.05, 3.63) is 29.8 Å². The molecule has 1 aliphatic heterocycles. The Hall–Kier alpha value is -1.97. The fraction of sp³-hybridized carbons (Fsp3) is 0.719. The summed E-state index contributed by atoms with van der Waals surface area (Å²) in [5.41, 5.74) is 3.77. The van der Waals surface area contributed by atoms with Gasteiger partial charge < -0.3 is 15.2 Å². The van der Waals surface area contributed by atoms with Gasteiger partial charge in [-0.05, 0) is 57.9 Å². The summed E-state index contributed by atoms with van der Waals surface area (Å²) < 4.78 is 5.52. The molecule has 1 heterocycles. The van der Waals surface area contributed by atoms with Crippen molar-refractivity contribution in [3.8, 4) is 5.75 Å². The smallest absolute Gasteiger partial charge is 0.303 e. The van der Waals surface area contributed by atoms with Gasteiger partial charge in [-0.3, -0.25) is 4.79 Å². The van der Waals surface area contributed by atoms with Gasteiger partial charge in [-0.25, -0.2) is 0 Å². The molecule has 0 spiro atoms. The second kappa shape index (κ2) is 19.2. The van der Waals surface area contributed by atoms with Crippen LogP contribution in [0, 0.1) is 0 Å². The zero-order valence-electron chi connectivity index (χ0n) is 24.1. The molecular formula is C32H55NO3. The highest BCUT2D eigenvalue weighted by Gasteiger charge is 2.22. The molecule has 0 bridgehead atoms. The van der Waals surface area contributed by atoms with Crippen LogP contribution < -0.4 is 10.1 Å². The minimum Gasteiger partial charge on any atom is -0.494 e. The van der Waals surface area contributed by atoms with Crippen molar-refractivity contribution in [2.24, 2.45) is 0 Å². The number of carbonyl (C=O) groups is 1. The molecule has 0 unspecified atom stereocenters. The third kappa shape index (κ3) is 15.2. The first-order valence-electron chi connectivity index (χ1n) is 14.8. The van der Waals surface area contributed by atoms with Gasteiger partial charge in [-0.15, -0.1) is 0 Å². The molecule has 0 saturated carbocycles. The lowest BCUT2D eigenvalue weighted by molar-refractivity contribution is -0.137. The quantitative estimate of drug-likeness (QED) is 0.196. The number of anilines is 1. The lowest BCUT2D eigenvalue weighted by Gasteiger charge is -2.31. The van der Waals surface area contributed by atoms with Crippen molar-refractivity contribution in [1.29, 1.82) is 0 Å². The molecule has 0 atom stereocenters. The van der Waals surface area contributed by atoms with E-state index in [-0.39, 0.29) is 5.54 Å². The van der Waals surface area contributed by atoms with E-state index in [4.69, 9.17) is 9.84 Å². The molecule has 36 heavy (non-hydrogen) atoms. The van der Waals surface area contributed by atoms with Crippen LogP contribution in [-0.4, -0.2) is 23.2 Å². The largest absolute Gasteiger partial charge is 0.494 e. The average molecular weight is 502 g/mol. The van der Waals surface area contributed by atoms with Crippen LogP contribution in [0.4, 0.5) is 5.69 Å². The zero-order valence-corrected chi connectivity index (χ0v) is 24.1. The van der Waals surface area contributed by atoms with Gasteiger partial charge in [-0.1, -0.05) is 103 Å². The topological polar surface area (TPSA) is 58.6 Å². The standard InChI is InChI=1S/C18H36O2.C14H19NO/c1-2-3-4-5-6-7-8-9-10-11-12-13-14-15-16-17-18(19)20;1-5-16-11-6-7-13-12(8-11)10(2)9-14(3,4)15-13/h2-17H2,1H3,(H,19,20);6-9,15H,5H2,1-4H3. The molecule has 0 radical (unpaired) electrons. The molecule has 0 aromatic heterocycles. The van der Waals surface area contributed by atoms with Gasteiger partial charge in [0.25, 0.3) is 0 Å². The minimum absolute atomic E-state index is 0.0320. The number of aliphatic carboxylic acids is 1. The number of carboxylic acid groups (broad SMARTS) is 1. The molecule has 1 aromatic rings. The zero-order chi connectivity index (χ0) is 26.7. The van der Waals surface area contributed by atoms with Gasteiger partial charge in [0.2, 0.25) is 0 Å². The predicted octanol–water partition coefficient (Wildman–Crippen LogP) is 10.0. The molecule has 0 amide bonds. The van der Waals surface area contributed by atoms with E-state index in [0.717, 1.165) is 18.6 Å². The van der Waals surface area contributed by atoms with Gasteiger partial charge in [-0.2, -0.15) is 0 Å². The first kappa shape index (κ1) is 32.1. The number of unbranched alkanes of at least 4 members (excludes halogenated alkanes) is 14. The number of benzene rings is 1. The van der Waals surface area contributed by atoms with Crippen molar-refractivity contribution in [2.45, 2.75) is 143 Å². The molecule has 0 aliphatic carbocycles. The van der Waals surface area contributed by atoms with E-state index in [2.05, 4.69) is 51.2 Å². The van der Waals surface area contributed by atoms with Crippen LogP contribution in [0.1, 0.15) is 143 Å². The molecular weight excluding hydrogens is 446 g/mol. The van der Waals surface area contributed by atoms with Crippen LogP contribution in [0.5, 0.6) is 5.75 Å². The van der Waals surface area contributed by atoms with E-state index in [1.165, 1.54) is 100 Å². The number of nitrogens with one attached hydrogen (secondary N) is 1. The van der Waals surface area contributed by atoms with Gasteiger partial charge in [0, 0.05) is 17.7 Å².